The van der Waals surface area contributed by atoms with Crippen molar-refractivity contribution in [1.82, 2.24) is 14.8 Å². The highest BCUT2D eigenvalue weighted by Crippen LogP contribution is 2.29. The van der Waals surface area contributed by atoms with Gasteiger partial charge in [0.25, 0.3) is 0 Å². The van der Waals surface area contributed by atoms with Gasteiger partial charge in [-0.3, -0.25) is 4.57 Å². The Balaban J connectivity index is 1.46. The van der Waals surface area contributed by atoms with Gasteiger partial charge < -0.3 is 14.3 Å². The Morgan fingerprint density at radius 3 is 2.62 bits per heavy atom. The molecule has 0 saturated heterocycles. The monoisotopic (exact) mass is 475 g/mol. The van der Waals surface area contributed by atoms with Crippen molar-refractivity contribution >= 4 is 22.7 Å². The fraction of sp³-hybridized carbons (Fsp3) is 0.0800. The van der Waals surface area contributed by atoms with Gasteiger partial charge in [0.2, 0.25) is 0 Å². The highest BCUT2D eigenvalue weighted by atomic mass is 32.2. The molecule has 0 radical (unpaired) electrons. The van der Waals surface area contributed by atoms with Gasteiger partial charge >= 0.3 is 5.63 Å². The predicted molar refractivity (Wildman–Crippen MR) is 126 cm³/mol. The smallest absolute Gasteiger partial charge is 0.336 e. The van der Waals surface area contributed by atoms with Crippen LogP contribution in [0.3, 0.4) is 0 Å². The molecule has 34 heavy (non-hydrogen) atoms. The van der Waals surface area contributed by atoms with E-state index in [2.05, 4.69) is 10.2 Å². The summed E-state index contributed by atoms with van der Waals surface area (Å²) in [5.74, 6) is 0.600. The Bertz CT molecular complexity index is 1520. The number of hydrogen-bond acceptors (Lipinski definition) is 7. The lowest BCUT2D eigenvalue weighted by molar-refractivity contribution is 0.278. The molecule has 0 aliphatic carbocycles. The van der Waals surface area contributed by atoms with E-state index in [9.17, 15) is 14.3 Å². The fourth-order valence-electron chi connectivity index (χ4n) is 3.51. The molecule has 0 aliphatic rings. The third-order valence-corrected chi connectivity index (χ3v) is 6.06. The van der Waals surface area contributed by atoms with Crippen LogP contribution in [-0.2, 0) is 12.4 Å². The number of phenols is 1. The molecular formula is C25H18FN3O4S. The summed E-state index contributed by atoms with van der Waals surface area (Å²) in [5.41, 5.74) is 1.37. The lowest BCUT2D eigenvalue weighted by atomic mass is 10.1. The van der Waals surface area contributed by atoms with E-state index < -0.39 is 11.4 Å². The van der Waals surface area contributed by atoms with Gasteiger partial charge in [-0.2, -0.15) is 0 Å². The SMILES string of the molecule is O=c1cc(CSc2nnc(COc3ccccc3F)n2-c2ccccc2)c2ccc(O)cc2o1. The third-order valence-electron chi connectivity index (χ3n) is 5.08. The number of para-hydroxylation sites is 2. The second-order valence-corrected chi connectivity index (χ2v) is 8.29. The molecule has 0 saturated carbocycles. The van der Waals surface area contributed by atoms with Gasteiger partial charge in [-0.15, -0.1) is 10.2 Å². The first kappa shape index (κ1) is 21.7. The molecule has 0 bridgehead atoms. The second-order valence-electron chi connectivity index (χ2n) is 7.35. The lowest BCUT2D eigenvalue weighted by Crippen LogP contribution is -2.07. The van der Waals surface area contributed by atoms with Crippen molar-refractivity contribution < 1.29 is 18.7 Å². The summed E-state index contributed by atoms with van der Waals surface area (Å²) < 4.78 is 26.7. The number of benzene rings is 3. The summed E-state index contributed by atoms with van der Waals surface area (Å²) >= 11 is 1.39. The molecule has 3 aromatic carbocycles. The third kappa shape index (κ3) is 4.51. The van der Waals surface area contributed by atoms with Crippen LogP contribution in [0.2, 0.25) is 0 Å². The van der Waals surface area contributed by atoms with Gasteiger partial charge in [-0.05, 0) is 42.0 Å². The van der Waals surface area contributed by atoms with Crippen LogP contribution >= 0.6 is 11.8 Å². The number of thioether (sulfide) groups is 1. The quantitative estimate of drug-likeness (QED) is 0.259. The number of rotatable bonds is 7. The van der Waals surface area contributed by atoms with Crippen LogP contribution in [0.4, 0.5) is 4.39 Å². The van der Waals surface area contributed by atoms with Gasteiger partial charge in [0.1, 0.15) is 17.9 Å². The molecule has 0 atom stereocenters. The maximum atomic E-state index is 14.0. The zero-order valence-corrected chi connectivity index (χ0v) is 18.5. The van der Waals surface area contributed by atoms with E-state index in [1.165, 1.54) is 30.0 Å². The molecule has 170 valence electrons. The average Bonchev–Trinajstić information content (AvgIpc) is 3.25. The maximum Gasteiger partial charge on any atom is 0.336 e. The minimum Gasteiger partial charge on any atom is -0.508 e. The Kier molecular flexibility index (Phi) is 6.01. The number of hydrogen-bond donors (Lipinski definition) is 1. The predicted octanol–water partition coefficient (Wildman–Crippen LogP) is 5.09. The average molecular weight is 476 g/mol. The van der Waals surface area contributed by atoms with Crippen LogP contribution < -0.4 is 10.4 Å². The molecule has 2 aromatic heterocycles. The fourth-order valence-corrected chi connectivity index (χ4v) is 4.47. The molecule has 5 rings (SSSR count). The first-order valence-corrected chi connectivity index (χ1v) is 11.3. The summed E-state index contributed by atoms with van der Waals surface area (Å²) in [7, 11) is 0. The van der Waals surface area contributed by atoms with Gasteiger partial charge in [0.15, 0.2) is 22.5 Å². The number of halogens is 1. The van der Waals surface area contributed by atoms with Crippen molar-refractivity contribution in [2.24, 2.45) is 0 Å². The van der Waals surface area contributed by atoms with E-state index in [0.29, 0.717) is 22.3 Å². The van der Waals surface area contributed by atoms with Gasteiger partial charge in [0, 0.05) is 29.0 Å². The molecule has 9 heteroatoms. The van der Waals surface area contributed by atoms with Gasteiger partial charge in [-0.1, -0.05) is 42.1 Å². The molecule has 0 amide bonds. The first-order valence-electron chi connectivity index (χ1n) is 10.3. The minimum atomic E-state index is -0.503. The van der Waals surface area contributed by atoms with Crippen molar-refractivity contribution in [3.05, 3.63) is 106 Å². The number of phenolic OH excluding ortho intramolecular Hbond substituents is 1. The van der Waals surface area contributed by atoms with E-state index in [4.69, 9.17) is 9.15 Å². The lowest BCUT2D eigenvalue weighted by Gasteiger charge is -2.12. The Morgan fingerprint density at radius 1 is 1.00 bits per heavy atom. The molecule has 7 nitrogen and oxygen atoms in total. The van der Waals surface area contributed by atoms with Crippen molar-refractivity contribution in [3.8, 4) is 17.2 Å². The Labute approximate surface area is 197 Å². The van der Waals surface area contributed by atoms with Crippen LogP contribution in [0.5, 0.6) is 11.5 Å². The van der Waals surface area contributed by atoms with Gasteiger partial charge in [-0.25, -0.2) is 9.18 Å². The van der Waals surface area contributed by atoms with Crippen LogP contribution in [0.25, 0.3) is 16.7 Å². The van der Waals surface area contributed by atoms with Crippen molar-refractivity contribution in [2.75, 3.05) is 0 Å². The molecule has 0 unspecified atom stereocenters. The molecule has 1 N–H and O–H groups in total. The summed E-state index contributed by atoms with van der Waals surface area (Å²) in [6, 6.07) is 21.8. The standard InChI is InChI=1S/C25H18FN3O4S/c26-20-8-4-5-9-21(20)32-14-23-27-28-25(29(23)17-6-2-1-3-7-17)34-15-16-12-24(31)33-22-13-18(30)10-11-19(16)22/h1-13,30H,14-15H2. The van der Waals surface area contributed by atoms with Crippen LogP contribution in [0.15, 0.2) is 93.2 Å². The number of fused-ring (bicyclic) bond motifs is 1. The minimum absolute atomic E-state index is 0.0144. The largest absolute Gasteiger partial charge is 0.508 e. The second kappa shape index (κ2) is 9.40. The van der Waals surface area contributed by atoms with E-state index in [0.717, 1.165) is 16.6 Å². The summed E-state index contributed by atoms with van der Waals surface area (Å²) in [5, 5.41) is 19.6. The highest BCUT2D eigenvalue weighted by Gasteiger charge is 2.17. The van der Waals surface area contributed by atoms with Crippen LogP contribution in [0, 0.1) is 5.82 Å². The molecule has 2 heterocycles. The van der Waals surface area contributed by atoms with Crippen molar-refractivity contribution in [3.63, 3.8) is 0 Å². The number of ether oxygens (including phenoxy) is 1. The summed E-state index contributed by atoms with van der Waals surface area (Å²) in [6.45, 7) is 0.0144. The zero-order chi connectivity index (χ0) is 23.5. The number of aromatic hydroxyl groups is 1. The summed E-state index contributed by atoms with van der Waals surface area (Å²) in [6.07, 6.45) is 0. The number of nitrogens with zero attached hydrogens (tertiary/aromatic N) is 3. The topological polar surface area (TPSA) is 90.4 Å². The number of aromatic nitrogens is 3. The molecule has 0 spiro atoms. The van der Waals surface area contributed by atoms with Crippen molar-refractivity contribution in [2.45, 2.75) is 17.5 Å². The van der Waals surface area contributed by atoms with E-state index >= 15 is 0 Å². The van der Waals surface area contributed by atoms with E-state index in [1.807, 2.05) is 34.9 Å². The highest BCUT2D eigenvalue weighted by molar-refractivity contribution is 7.98. The normalized spacial score (nSPS) is 11.1. The molecular weight excluding hydrogens is 457 g/mol. The van der Waals surface area contributed by atoms with Crippen molar-refractivity contribution in [1.29, 1.82) is 0 Å². The first-order chi connectivity index (χ1) is 16.6. The Morgan fingerprint density at radius 2 is 1.79 bits per heavy atom. The molecule has 0 aliphatic heterocycles. The van der Waals surface area contributed by atoms with Gasteiger partial charge in [0.05, 0.1) is 0 Å². The van der Waals surface area contributed by atoms with E-state index in [-0.39, 0.29) is 18.1 Å². The van der Waals surface area contributed by atoms with E-state index in [1.54, 1.807) is 30.3 Å². The maximum absolute atomic E-state index is 14.0. The van der Waals surface area contributed by atoms with Crippen LogP contribution in [0.1, 0.15) is 11.4 Å². The Hall–Kier alpha value is -4.11. The van der Waals surface area contributed by atoms with Crippen LogP contribution in [-0.4, -0.2) is 19.9 Å². The molecule has 5 aromatic rings. The zero-order valence-electron chi connectivity index (χ0n) is 17.7. The summed E-state index contributed by atoms with van der Waals surface area (Å²) in [4.78, 5) is 12.0. The molecule has 0 fully saturated rings.